The molecule has 0 saturated carbocycles. The van der Waals surface area contributed by atoms with Gasteiger partial charge in [-0.3, -0.25) is 9.59 Å². The van der Waals surface area contributed by atoms with Crippen molar-refractivity contribution < 1.29 is 65.7 Å². The fourth-order valence-electron chi connectivity index (χ4n) is 1.74. The number of carbonyl (C=O) groups excluding carboxylic acids is 2. The van der Waals surface area contributed by atoms with Crippen molar-refractivity contribution in [3.05, 3.63) is 83.9 Å². The zero-order chi connectivity index (χ0) is 17.9. The molecule has 0 atom stereocenters. The van der Waals surface area contributed by atoms with Crippen molar-refractivity contribution >= 4 is 23.1 Å². The minimum absolute atomic E-state index is 0. The van der Waals surface area contributed by atoms with Gasteiger partial charge in [-0.25, -0.2) is 0 Å². The van der Waals surface area contributed by atoms with Crippen LogP contribution in [0.2, 0.25) is 0 Å². The van der Waals surface area contributed by atoms with Gasteiger partial charge in [-0.1, -0.05) is 72.2 Å². The molecular weight excluding hydrogens is 471 g/mol. The molecule has 0 aromatic heterocycles. The van der Waals surface area contributed by atoms with Crippen molar-refractivity contribution in [3.8, 4) is 0 Å². The maximum Gasteiger partial charge on any atom is 4.00 e. The van der Waals surface area contributed by atoms with Crippen molar-refractivity contribution in [2.24, 2.45) is 0 Å². The first kappa shape index (κ1) is 29.9. The molecule has 0 spiro atoms. The number of hydrogen-bond donors (Lipinski definition) is 0. The Morgan fingerprint density at radius 1 is 0.667 bits per heavy atom. The third-order valence-corrected chi connectivity index (χ3v) is 2.79. The molecule has 4 nitrogen and oxygen atoms in total. The summed E-state index contributed by atoms with van der Waals surface area (Å²) in [7, 11) is 0. The molecular formula is C20H18Cl2MoO4. The number of rotatable bonds is 4. The topological polar surface area (TPSA) is 80.3 Å². The van der Waals surface area contributed by atoms with Crippen LogP contribution >= 0.6 is 0 Å². The molecule has 0 unspecified atom stereocenters. The van der Waals surface area contributed by atoms with Crippen LogP contribution in [0.15, 0.2) is 72.8 Å². The molecule has 2 rings (SSSR count). The molecule has 0 aliphatic heterocycles. The van der Waals surface area contributed by atoms with Gasteiger partial charge < -0.3 is 35.0 Å². The van der Waals surface area contributed by atoms with Crippen LogP contribution in [0.5, 0.6) is 0 Å². The number of benzene rings is 2. The number of ketones is 2. The van der Waals surface area contributed by atoms with E-state index in [-0.39, 0.29) is 69.0 Å². The Morgan fingerprint density at radius 3 is 1.15 bits per heavy atom. The number of halogens is 2. The van der Waals surface area contributed by atoms with E-state index >= 15 is 0 Å². The average Bonchev–Trinajstić information content (AvgIpc) is 2.56. The van der Waals surface area contributed by atoms with E-state index < -0.39 is 0 Å². The fourth-order valence-corrected chi connectivity index (χ4v) is 1.74. The summed E-state index contributed by atoms with van der Waals surface area (Å²) in [5.74, 6) is -0.904. The van der Waals surface area contributed by atoms with E-state index in [1.807, 2.05) is 12.1 Å². The van der Waals surface area contributed by atoms with Crippen molar-refractivity contribution in [2.45, 2.75) is 13.8 Å². The molecule has 0 N–H and O–H groups in total. The van der Waals surface area contributed by atoms with Crippen LogP contribution in [0.1, 0.15) is 25.0 Å². The first-order valence-electron chi connectivity index (χ1n) is 7.29. The molecule has 0 aliphatic carbocycles. The van der Waals surface area contributed by atoms with Gasteiger partial charge in [-0.05, 0) is 37.1 Å². The van der Waals surface area contributed by atoms with E-state index in [1.54, 1.807) is 48.5 Å². The molecule has 7 heteroatoms. The van der Waals surface area contributed by atoms with Crippen molar-refractivity contribution in [1.82, 2.24) is 0 Å². The molecule has 27 heavy (non-hydrogen) atoms. The SMILES string of the molecule is CC(=O)/C=C(\[O-])c1ccccc1.CC(=O)/C=C(\[O-])c1ccccc1.[Cl-].[Cl-].[Mo+4]. The molecule has 2 aromatic carbocycles. The van der Waals surface area contributed by atoms with E-state index in [0.717, 1.165) is 12.2 Å². The summed E-state index contributed by atoms with van der Waals surface area (Å²) in [5, 5.41) is 22.4. The van der Waals surface area contributed by atoms with E-state index in [1.165, 1.54) is 13.8 Å². The van der Waals surface area contributed by atoms with Crippen molar-refractivity contribution in [3.63, 3.8) is 0 Å². The maximum absolute atomic E-state index is 11.2. The first-order valence-corrected chi connectivity index (χ1v) is 7.29. The van der Waals surface area contributed by atoms with E-state index in [2.05, 4.69) is 0 Å². The molecule has 0 bridgehead atoms. The van der Waals surface area contributed by atoms with Crippen LogP contribution in [-0.4, -0.2) is 11.6 Å². The molecule has 0 amide bonds. The van der Waals surface area contributed by atoms with Crippen molar-refractivity contribution in [2.75, 3.05) is 0 Å². The van der Waals surface area contributed by atoms with Gasteiger partial charge in [0.15, 0.2) is 11.6 Å². The molecule has 0 radical (unpaired) electrons. The van der Waals surface area contributed by atoms with Crippen LogP contribution in [0.25, 0.3) is 11.5 Å². The van der Waals surface area contributed by atoms with E-state index in [0.29, 0.717) is 11.1 Å². The third kappa shape index (κ3) is 13.0. The van der Waals surface area contributed by atoms with Gasteiger partial charge in [0.05, 0.1) is 0 Å². The van der Waals surface area contributed by atoms with E-state index in [4.69, 9.17) is 0 Å². The zero-order valence-corrected chi connectivity index (χ0v) is 18.2. The largest absolute Gasteiger partial charge is 4.00 e. The second-order valence-corrected chi connectivity index (χ2v) is 4.97. The maximum atomic E-state index is 11.2. The molecule has 2 aromatic rings. The molecule has 0 aliphatic rings. The standard InChI is InChI=1S/2C10H10O2.2ClH.Mo/c2*1-8(11)7-10(12)9-5-3-2-4-6-9;;;/h2*2-7,12H,1H3;2*1H;/q;;;;+4/p-4/b2*10-7-;;;. The quantitative estimate of drug-likeness (QED) is 0.249. The molecule has 142 valence electrons. The summed E-state index contributed by atoms with van der Waals surface area (Å²) in [4.78, 5) is 21.1. The predicted molar refractivity (Wildman–Crippen MR) is 90.2 cm³/mol. The Kier molecular flexibility index (Phi) is 18.1. The summed E-state index contributed by atoms with van der Waals surface area (Å²) in [6.07, 6.45) is 2.19. The monoisotopic (exact) mass is 490 g/mol. The minimum Gasteiger partial charge on any atom is -1.00 e. The Hall–Kier alpha value is -1.87. The van der Waals surface area contributed by atoms with Crippen LogP contribution in [0.3, 0.4) is 0 Å². The van der Waals surface area contributed by atoms with Crippen LogP contribution < -0.4 is 35.0 Å². The van der Waals surface area contributed by atoms with Gasteiger partial charge in [-0.15, -0.1) is 0 Å². The van der Waals surface area contributed by atoms with Crippen LogP contribution in [0.4, 0.5) is 0 Å². The summed E-state index contributed by atoms with van der Waals surface area (Å²) in [6.45, 7) is 2.72. The van der Waals surface area contributed by atoms with Gasteiger partial charge in [0.25, 0.3) is 0 Å². The molecule has 0 saturated heterocycles. The second-order valence-electron chi connectivity index (χ2n) is 4.97. The van der Waals surface area contributed by atoms with Crippen molar-refractivity contribution in [1.29, 1.82) is 0 Å². The van der Waals surface area contributed by atoms with Gasteiger partial charge in [0.2, 0.25) is 0 Å². The van der Waals surface area contributed by atoms with Gasteiger partial charge >= 0.3 is 21.1 Å². The molecule has 0 fully saturated rings. The third-order valence-electron chi connectivity index (χ3n) is 2.79. The summed E-state index contributed by atoms with van der Waals surface area (Å²) in [6, 6.07) is 17.4. The molecule has 0 heterocycles. The summed E-state index contributed by atoms with van der Waals surface area (Å²) < 4.78 is 0. The van der Waals surface area contributed by atoms with Gasteiger partial charge in [-0.2, -0.15) is 0 Å². The van der Waals surface area contributed by atoms with E-state index in [9.17, 15) is 19.8 Å². The Balaban J connectivity index is -0.000000384. The van der Waals surface area contributed by atoms with Gasteiger partial charge in [0, 0.05) is 0 Å². The Labute approximate surface area is 186 Å². The summed E-state index contributed by atoms with van der Waals surface area (Å²) >= 11 is 0. The van der Waals surface area contributed by atoms with Gasteiger partial charge in [0.1, 0.15) is 0 Å². The normalized spacial score (nSPS) is 10.0. The number of carbonyl (C=O) groups is 2. The number of hydrogen-bond acceptors (Lipinski definition) is 4. The minimum atomic E-state index is -0.233. The van der Waals surface area contributed by atoms with Crippen LogP contribution in [0, 0.1) is 0 Å². The van der Waals surface area contributed by atoms with Crippen LogP contribution in [-0.2, 0) is 30.7 Å². The predicted octanol–water partition coefficient (Wildman–Crippen LogP) is -4.04. The Morgan fingerprint density at radius 2 is 0.926 bits per heavy atom. The number of allylic oxidation sites excluding steroid dienone is 2. The average molecular weight is 489 g/mol. The second kappa shape index (κ2) is 16.3. The summed E-state index contributed by atoms with van der Waals surface area (Å²) in [5.41, 5.74) is 1.10. The Bertz CT molecular complexity index is 680. The fraction of sp³-hybridized carbons (Fsp3) is 0.100. The zero-order valence-electron chi connectivity index (χ0n) is 14.7. The smallest absolute Gasteiger partial charge is 1.00 e. The first-order chi connectivity index (χ1) is 11.4.